The number of ether oxygens (including phenoxy) is 1. The third-order valence-corrected chi connectivity index (χ3v) is 9.28. The first-order chi connectivity index (χ1) is 18.3. The smallest absolute Gasteiger partial charge is 0.259 e. The Labute approximate surface area is 219 Å². The summed E-state index contributed by atoms with van der Waals surface area (Å²) in [6, 6.07) is 11.0. The molecule has 38 heavy (non-hydrogen) atoms. The standard InChI is InChI=1S/C27H28N4O6S/c1-2-18-13-27(18,26(33)31-38(34,35)20-7-8-20)30-24(32)23-12-19(14-28-23)37-25-21-6-4-3-5-16(21)11-22(29-25)17-9-10-36-15-17/h2-6,9-11,15,18-20,23,28H,1,7-8,12-14H2,(H,30,32)(H,31,33)/t18-,19-,23+,27-/m1/s1. The first-order valence-electron chi connectivity index (χ1n) is 12.6. The van der Waals surface area contributed by atoms with Gasteiger partial charge in [-0.3, -0.25) is 14.3 Å². The third-order valence-electron chi connectivity index (χ3n) is 7.46. The molecule has 1 aromatic carbocycles. The van der Waals surface area contributed by atoms with Crippen molar-refractivity contribution in [1.82, 2.24) is 20.3 Å². The van der Waals surface area contributed by atoms with Crippen LogP contribution in [0.15, 0.2) is 66.0 Å². The molecule has 3 aliphatic rings. The molecule has 3 heterocycles. The summed E-state index contributed by atoms with van der Waals surface area (Å²) in [7, 11) is -3.73. The Morgan fingerprint density at radius 2 is 2.05 bits per heavy atom. The predicted octanol–water partition coefficient (Wildman–Crippen LogP) is 2.27. The molecule has 2 aromatic heterocycles. The van der Waals surface area contributed by atoms with Crippen molar-refractivity contribution in [2.45, 2.75) is 48.6 Å². The number of aromatic nitrogens is 1. The molecule has 0 bridgehead atoms. The van der Waals surface area contributed by atoms with Gasteiger partial charge in [-0.25, -0.2) is 13.4 Å². The molecule has 2 amide bonds. The lowest BCUT2D eigenvalue weighted by atomic mass is 10.1. The second-order valence-corrected chi connectivity index (χ2v) is 12.1. The summed E-state index contributed by atoms with van der Waals surface area (Å²) in [5.41, 5.74) is 0.236. The van der Waals surface area contributed by atoms with Crippen molar-refractivity contribution in [2.24, 2.45) is 5.92 Å². The van der Waals surface area contributed by atoms with Crippen molar-refractivity contribution >= 4 is 32.6 Å². The zero-order valence-electron chi connectivity index (χ0n) is 20.6. The van der Waals surface area contributed by atoms with Gasteiger partial charge in [0.05, 0.1) is 29.5 Å². The maximum atomic E-state index is 13.2. The van der Waals surface area contributed by atoms with Gasteiger partial charge in [0, 0.05) is 29.8 Å². The lowest BCUT2D eigenvalue weighted by molar-refractivity contribution is -0.130. The van der Waals surface area contributed by atoms with E-state index in [1.165, 1.54) is 0 Å². The predicted molar refractivity (Wildman–Crippen MR) is 140 cm³/mol. The molecule has 2 aliphatic carbocycles. The zero-order chi connectivity index (χ0) is 26.5. The lowest BCUT2D eigenvalue weighted by Gasteiger charge is -2.21. The topological polar surface area (TPSA) is 140 Å². The normalized spacial score (nSPS) is 26.6. The molecule has 10 nitrogen and oxygen atoms in total. The number of furan rings is 1. The summed E-state index contributed by atoms with van der Waals surface area (Å²) in [5, 5.41) is 7.25. The monoisotopic (exact) mass is 536 g/mol. The highest BCUT2D eigenvalue weighted by atomic mass is 32.2. The number of pyridine rings is 1. The molecule has 1 aliphatic heterocycles. The Hall–Kier alpha value is -3.70. The van der Waals surface area contributed by atoms with Gasteiger partial charge in [-0.1, -0.05) is 24.3 Å². The van der Waals surface area contributed by atoms with Crippen LogP contribution in [-0.2, 0) is 19.6 Å². The van der Waals surface area contributed by atoms with Gasteiger partial charge in [0.15, 0.2) is 0 Å². The minimum absolute atomic E-state index is 0.303. The number of nitrogens with one attached hydrogen (secondary N) is 3. The number of sulfonamides is 1. The van der Waals surface area contributed by atoms with Gasteiger partial charge < -0.3 is 19.8 Å². The molecule has 2 saturated carbocycles. The van der Waals surface area contributed by atoms with E-state index in [0.717, 1.165) is 16.3 Å². The number of carbonyl (C=O) groups excluding carboxylic acids is 2. The minimum Gasteiger partial charge on any atom is -0.472 e. The van der Waals surface area contributed by atoms with Crippen LogP contribution in [-0.4, -0.2) is 54.7 Å². The van der Waals surface area contributed by atoms with Crippen LogP contribution < -0.4 is 20.1 Å². The molecule has 3 N–H and O–H groups in total. The number of hydrogen-bond acceptors (Lipinski definition) is 8. The van der Waals surface area contributed by atoms with Gasteiger partial charge >= 0.3 is 0 Å². The van der Waals surface area contributed by atoms with Gasteiger partial charge in [0.25, 0.3) is 5.91 Å². The van der Waals surface area contributed by atoms with Gasteiger partial charge in [-0.2, -0.15) is 0 Å². The SMILES string of the molecule is C=C[C@@H]1C[C@]1(NC(=O)[C@@H]1C[C@@H](Oc2nc(-c3ccoc3)cc3ccccc23)CN1)C(=O)NS(=O)(=O)C1CC1. The molecular weight excluding hydrogens is 508 g/mol. The molecule has 0 unspecified atom stereocenters. The Morgan fingerprint density at radius 3 is 2.76 bits per heavy atom. The minimum atomic E-state index is -3.73. The Kier molecular flexibility index (Phi) is 5.99. The average Bonchev–Trinajstić information content (AvgIpc) is 3.76. The van der Waals surface area contributed by atoms with Crippen LogP contribution in [0.2, 0.25) is 0 Å². The Bertz CT molecular complexity index is 1520. The van der Waals surface area contributed by atoms with Crippen LogP contribution in [0.1, 0.15) is 25.7 Å². The molecule has 4 atom stereocenters. The van der Waals surface area contributed by atoms with Crippen LogP contribution in [0, 0.1) is 5.92 Å². The van der Waals surface area contributed by atoms with E-state index in [-0.39, 0.29) is 17.9 Å². The largest absolute Gasteiger partial charge is 0.472 e. The number of rotatable bonds is 9. The number of fused-ring (bicyclic) bond motifs is 1. The van der Waals surface area contributed by atoms with Crippen molar-refractivity contribution < 1.29 is 27.2 Å². The number of benzene rings is 1. The van der Waals surface area contributed by atoms with Crippen LogP contribution in [0.4, 0.5) is 0 Å². The maximum Gasteiger partial charge on any atom is 0.259 e. The van der Waals surface area contributed by atoms with Crippen molar-refractivity contribution in [3.8, 4) is 17.1 Å². The number of nitrogens with zero attached hydrogens (tertiary/aromatic N) is 1. The molecule has 6 rings (SSSR count). The molecule has 1 saturated heterocycles. The summed E-state index contributed by atoms with van der Waals surface area (Å²) < 4.78 is 38.3. The number of carbonyl (C=O) groups is 2. The molecule has 0 radical (unpaired) electrons. The molecule has 3 fully saturated rings. The fraction of sp³-hybridized carbons (Fsp3) is 0.370. The number of hydrogen-bond donors (Lipinski definition) is 3. The summed E-state index contributed by atoms with van der Waals surface area (Å²) >= 11 is 0. The van der Waals surface area contributed by atoms with E-state index >= 15 is 0 Å². The molecular formula is C27H28N4O6S. The Balaban J connectivity index is 1.15. The maximum absolute atomic E-state index is 13.2. The van der Waals surface area contributed by atoms with Crippen LogP contribution >= 0.6 is 0 Å². The van der Waals surface area contributed by atoms with E-state index < -0.39 is 32.8 Å². The van der Waals surface area contributed by atoms with E-state index in [0.29, 0.717) is 43.8 Å². The molecule has 198 valence electrons. The first-order valence-corrected chi connectivity index (χ1v) is 14.2. The quantitative estimate of drug-likeness (QED) is 0.354. The fourth-order valence-electron chi connectivity index (χ4n) is 4.99. The molecule has 0 spiro atoms. The van der Waals surface area contributed by atoms with Crippen molar-refractivity contribution in [1.29, 1.82) is 0 Å². The third kappa shape index (κ3) is 4.56. The highest BCUT2D eigenvalue weighted by molar-refractivity contribution is 7.91. The van der Waals surface area contributed by atoms with Crippen LogP contribution in [0.25, 0.3) is 22.0 Å². The van der Waals surface area contributed by atoms with Crippen LogP contribution in [0.3, 0.4) is 0 Å². The summed E-state index contributed by atoms with van der Waals surface area (Å²) in [5.74, 6) is -0.970. The second kappa shape index (κ2) is 9.25. The van der Waals surface area contributed by atoms with Gasteiger partial charge in [0.2, 0.25) is 21.8 Å². The average molecular weight is 537 g/mol. The highest BCUT2D eigenvalue weighted by Crippen LogP contribution is 2.45. The lowest BCUT2D eigenvalue weighted by Crippen LogP contribution is -2.55. The first kappa shape index (κ1) is 24.6. The summed E-state index contributed by atoms with van der Waals surface area (Å²) in [4.78, 5) is 30.8. The summed E-state index contributed by atoms with van der Waals surface area (Å²) in [6.07, 6.45) is 6.17. The van der Waals surface area contributed by atoms with Crippen molar-refractivity contribution in [3.63, 3.8) is 0 Å². The van der Waals surface area contributed by atoms with E-state index in [2.05, 4.69) is 21.9 Å². The number of amides is 2. The van der Waals surface area contributed by atoms with E-state index in [1.807, 2.05) is 36.4 Å². The second-order valence-electron chi connectivity index (χ2n) is 10.2. The van der Waals surface area contributed by atoms with Gasteiger partial charge in [0.1, 0.15) is 11.6 Å². The molecule has 3 aromatic rings. The Morgan fingerprint density at radius 1 is 1.24 bits per heavy atom. The zero-order valence-corrected chi connectivity index (χ0v) is 21.4. The van der Waals surface area contributed by atoms with Crippen molar-refractivity contribution in [2.75, 3.05) is 6.54 Å². The van der Waals surface area contributed by atoms with E-state index in [1.54, 1.807) is 18.6 Å². The van der Waals surface area contributed by atoms with Gasteiger partial charge in [-0.15, -0.1) is 6.58 Å². The summed E-state index contributed by atoms with van der Waals surface area (Å²) in [6.45, 7) is 4.14. The van der Waals surface area contributed by atoms with E-state index in [4.69, 9.17) is 14.1 Å². The van der Waals surface area contributed by atoms with Gasteiger partial charge in [-0.05, 0) is 42.8 Å². The van der Waals surface area contributed by atoms with Crippen LogP contribution in [0.5, 0.6) is 5.88 Å². The highest BCUT2D eigenvalue weighted by Gasteiger charge is 2.61. The molecule has 11 heteroatoms. The van der Waals surface area contributed by atoms with E-state index in [9.17, 15) is 18.0 Å². The fourth-order valence-corrected chi connectivity index (χ4v) is 6.35. The van der Waals surface area contributed by atoms with Crippen molar-refractivity contribution in [3.05, 3.63) is 61.6 Å².